The van der Waals surface area contributed by atoms with E-state index in [4.69, 9.17) is 0 Å². The smallest absolute Gasteiger partial charge is 0.244 e. The van der Waals surface area contributed by atoms with E-state index in [0.717, 1.165) is 31.6 Å². The molecule has 1 aliphatic heterocycles. The summed E-state index contributed by atoms with van der Waals surface area (Å²) in [5.41, 5.74) is 0.750. The van der Waals surface area contributed by atoms with Gasteiger partial charge in [-0.1, -0.05) is 6.92 Å². The maximum absolute atomic E-state index is 14.3. The standard InChI is InChI=1S/C24H33F2N5O2/c1-4-23(32)31-13-7-10-28(18(2)3)9-6-11-29(24(33)17-30-12-5-8-27-30)16-19-14-20(25)21(26)15-22(19)31/h5,8,12,14-15,18H,4,6-7,9-11,13,16-17H2,1-3H3. The molecule has 1 aromatic heterocycles. The van der Waals surface area contributed by atoms with E-state index in [9.17, 15) is 18.4 Å². The normalized spacial score (nSPS) is 16.3. The van der Waals surface area contributed by atoms with Crippen molar-refractivity contribution in [3.8, 4) is 0 Å². The number of carbonyl (C=O) groups excluding carboxylic acids is 2. The Hall–Kier alpha value is -2.81. The number of benzene rings is 1. The Morgan fingerprint density at radius 1 is 1.03 bits per heavy atom. The molecular formula is C24H33F2N5O2. The van der Waals surface area contributed by atoms with Gasteiger partial charge in [0.15, 0.2) is 11.6 Å². The van der Waals surface area contributed by atoms with Gasteiger partial charge in [0.25, 0.3) is 0 Å². The first-order valence-corrected chi connectivity index (χ1v) is 11.6. The van der Waals surface area contributed by atoms with Crippen molar-refractivity contribution in [1.82, 2.24) is 19.6 Å². The lowest BCUT2D eigenvalue weighted by Gasteiger charge is -2.33. The maximum Gasteiger partial charge on any atom is 0.244 e. The highest BCUT2D eigenvalue weighted by Gasteiger charge is 2.25. The SMILES string of the molecule is CCC(=O)N1CCCN(C(C)C)CCCN(C(=O)Cn2cccn2)Cc2cc(F)c(F)cc21. The number of carbonyl (C=O) groups is 2. The van der Waals surface area contributed by atoms with Crippen LogP contribution in [0.1, 0.15) is 45.6 Å². The monoisotopic (exact) mass is 461 g/mol. The van der Waals surface area contributed by atoms with Crippen LogP contribution in [0.15, 0.2) is 30.6 Å². The van der Waals surface area contributed by atoms with Crippen LogP contribution in [0.4, 0.5) is 14.5 Å². The van der Waals surface area contributed by atoms with Gasteiger partial charge >= 0.3 is 0 Å². The minimum Gasteiger partial charge on any atom is -0.337 e. The van der Waals surface area contributed by atoms with Gasteiger partial charge < -0.3 is 14.7 Å². The third kappa shape index (κ3) is 6.37. The Bertz CT molecular complexity index is 949. The van der Waals surface area contributed by atoms with Crippen molar-refractivity contribution >= 4 is 17.5 Å². The molecule has 0 bridgehead atoms. The lowest BCUT2D eigenvalue weighted by atomic mass is 10.1. The molecule has 0 spiro atoms. The summed E-state index contributed by atoms with van der Waals surface area (Å²) in [5.74, 6) is -2.33. The molecule has 2 aromatic rings. The van der Waals surface area contributed by atoms with E-state index < -0.39 is 11.6 Å². The molecule has 7 nitrogen and oxygen atoms in total. The van der Waals surface area contributed by atoms with Crippen LogP contribution in [0.5, 0.6) is 0 Å². The van der Waals surface area contributed by atoms with Crippen molar-refractivity contribution in [2.24, 2.45) is 0 Å². The number of fused-ring (bicyclic) bond motifs is 1. The molecule has 2 amide bonds. The van der Waals surface area contributed by atoms with E-state index in [0.29, 0.717) is 36.8 Å². The highest BCUT2D eigenvalue weighted by Crippen LogP contribution is 2.27. The van der Waals surface area contributed by atoms with Crippen molar-refractivity contribution < 1.29 is 18.4 Å². The van der Waals surface area contributed by atoms with Crippen molar-refractivity contribution in [3.63, 3.8) is 0 Å². The van der Waals surface area contributed by atoms with E-state index in [1.807, 2.05) is 0 Å². The van der Waals surface area contributed by atoms with Crippen LogP contribution in [-0.4, -0.2) is 63.6 Å². The number of amides is 2. The highest BCUT2D eigenvalue weighted by atomic mass is 19.2. The van der Waals surface area contributed by atoms with Gasteiger partial charge in [0.2, 0.25) is 11.8 Å². The molecule has 2 heterocycles. The molecule has 0 fully saturated rings. The van der Waals surface area contributed by atoms with Gasteiger partial charge in [-0.25, -0.2) is 8.78 Å². The van der Waals surface area contributed by atoms with Crippen LogP contribution in [0, 0.1) is 11.6 Å². The van der Waals surface area contributed by atoms with E-state index in [-0.39, 0.29) is 31.3 Å². The van der Waals surface area contributed by atoms with Crippen LogP contribution >= 0.6 is 0 Å². The Morgan fingerprint density at radius 3 is 2.36 bits per heavy atom. The van der Waals surface area contributed by atoms with Crippen molar-refractivity contribution in [2.75, 3.05) is 31.1 Å². The van der Waals surface area contributed by atoms with Crippen LogP contribution in [0.3, 0.4) is 0 Å². The predicted molar refractivity (Wildman–Crippen MR) is 123 cm³/mol. The molecule has 0 aliphatic carbocycles. The van der Waals surface area contributed by atoms with Gasteiger partial charge in [-0.2, -0.15) is 5.10 Å². The molecule has 0 saturated heterocycles. The van der Waals surface area contributed by atoms with Crippen LogP contribution in [-0.2, 0) is 22.7 Å². The third-order valence-corrected chi connectivity index (χ3v) is 6.02. The Kier molecular flexibility index (Phi) is 8.55. The Balaban J connectivity index is 1.99. The van der Waals surface area contributed by atoms with Crippen LogP contribution in [0.2, 0.25) is 0 Å². The van der Waals surface area contributed by atoms with Gasteiger partial charge in [-0.3, -0.25) is 14.3 Å². The quantitative estimate of drug-likeness (QED) is 0.700. The summed E-state index contributed by atoms with van der Waals surface area (Å²) >= 11 is 0. The number of hydrogen-bond acceptors (Lipinski definition) is 4. The minimum absolute atomic E-state index is 0.0531. The second-order valence-electron chi connectivity index (χ2n) is 8.65. The average molecular weight is 462 g/mol. The molecule has 0 atom stereocenters. The average Bonchev–Trinajstić information content (AvgIpc) is 3.28. The number of aromatic nitrogens is 2. The largest absolute Gasteiger partial charge is 0.337 e. The molecule has 3 rings (SSSR count). The van der Waals surface area contributed by atoms with E-state index >= 15 is 0 Å². The Labute approximate surface area is 193 Å². The van der Waals surface area contributed by atoms with E-state index in [1.165, 1.54) is 9.58 Å². The number of rotatable bonds is 4. The van der Waals surface area contributed by atoms with Gasteiger partial charge in [-0.15, -0.1) is 0 Å². The van der Waals surface area contributed by atoms with Crippen LogP contribution in [0.25, 0.3) is 0 Å². The minimum atomic E-state index is -1.01. The lowest BCUT2D eigenvalue weighted by Crippen LogP contribution is -2.41. The molecule has 0 radical (unpaired) electrons. The van der Waals surface area contributed by atoms with Gasteiger partial charge in [0, 0.05) is 63.6 Å². The molecule has 1 aliphatic rings. The summed E-state index contributed by atoms with van der Waals surface area (Å²) in [6, 6.07) is 4.25. The first kappa shape index (κ1) is 24.8. The van der Waals surface area contributed by atoms with Crippen molar-refractivity contribution in [1.29, 1.82) is 0 Å². The van der Waals surface area contributed by atoms with E-state index in [2.05, 4.69) is 23.8 Å². The van der Waals surface area contributed by atoms with Gasteiger partial charge in [0.05, 0.1) is 5.69 Å². The molecule has 9 heteroatoms. The molecular weight excluding hydrogens is 428 g/mol. The maximum atomic E-state index is 14.3. The van der Waals surface area contributed by atoms with Gasteiger partial charge in [-0.05, 0) is 44.4 Å². The summed E-state index contributed by atoms with van der Waals surface area (Å²) in [6.45, 7) is 8.56. The molecule has 0 saturated carbocycles. The number of hydrogen-bond donors (Lipinski definition) is 0. The fourth-order valence-corrected chi connectivity index (χ4v) is 4.18. The Morgan fingerprint density at radius 2 is 1.73 bits per heavy atom. The van der Waals surface area contributed by atoms with E-state index in [1.54, 1.807) is 30.3 Å². The second kappa shape index (κ2) is 11.4. The first-order valence-electron chi connectivity index (χ1n) is 11.6. The lowest BCUT2D eigenvalue weighted by molar-refractivity contribution is -0.132. The summed E-state index contributed by atoms with van der Waals surface area (Å²) in [7, 11) is 0. The molecule has 180 valence electrons. The predicted octanol–water partition coefficient (Wildman–Crippen LogP) is 3.44. The molecule has 33 heavy (non-hydrogen) atoms. The highest BCUT2D eigenvalue weighted by molar-refractivity contribution is 5.94. The summed E-state index contributed by atoms with van der Waals surface area (Å²) in [6.07, 6.45) is 5.02. The zero-order valence-corrected chi connectivity index (χ0v) is 19.6. The molecule has 0 N–H and O–H groups in total. The summed E-state index contributed by atoms with van der Waals surface area (Å²) in [5, 5.41) is 4.10. The zero-order valence-electron chi connectivity index (χ0n) is 19.6. The van der Waals surface area contributed by atoms with Crippen molar-refractivity contribution in [3.05, 3.63) is 47.8 Å². The number of nitrogens with zero attached hydrogens (tertiary/aromatic N) is 5. The topological polar surface area (TPSA) is 61.7 Å². The molecule has 1 aromatic carbocycles. The zero-order chi connectivity index (χ0) is 24.0. The summed E-state index contributed by atoms with van der Waals surface area (Å²) < 4.78 is 30.1. The second-order valence-corrected chi connectivity index (χ2v) is 8.65. The van der Waals surface area contributed by atoms with Gasteiger partial charge in [0.1, 0.15) is 6.54 Å². The number of halogens is 2. The molecule has 0 unspecified atom stereocenters. The first-order chi connectivity index (χ1) is 15.8. The fraction of sp³-hybridized carbons (Fsp3) is 0.542. The fourth-order valence-electron chi connectivity index (χ4n) is 4.18. The van der Waals surface area contributed by atoms with Crippen LogP contribution < -0.4 is 4.90 Å². The van der Waals surface area contributed by atoms with Crippen molar-refractivity contribution in [2.45, 2.75) is 59.2 Å². The summed E-state index contributed by atoms with van der Waals surface area (Å²) in [4.78, 5) is 31.4. The third-order valence-electron chi connectivity index (χ3n) is 6.02. The number of anilines is 1.